The van der Waals surface area contributed by atoms with E-state index in [1.54, 1.807) is 0 Å². The largest absolute Gasteiger partial charge is 0.289 e. The maximum Gasteiger partial charge on any atom is 0.0615 e. The molecular weight excluding hydrogens is 126 g/mol. The van der Waals surface area contributed by atoms with Crippen LogP contribution in [0.4, 0.5) is 0 Å². The van der Waals surface area contributed by atoms with E-state index in [2.05, 4.69) is 36.4 Å². The van der Waals surface area contributed by atoms with Crippen molar-refractivity contribution < 1.29 is 0 Å². The Morgan fingerprint density at radius 2 is 1.80 bits per heavy atom. The van der Waals surface area contributed by atoms with Crippen molar-refractivity contribution in [2.75, 3.05) is 20.4 Å². The molecule has 1 fully saturated rings. The highest BCUT2D eigenvalue weighted by Crippen LogP contribution is 2.00. The molecule has 10 heavy (non-hydrogen) atoms. The van der Waals surface area contributed by atoms with Crippen LogP contribution in [0.1, 0.15) is 13.8 Å². The highest BCUT2D eigenvalue weighted by atomic mass is 15.4. The van der Waals surface area contributed by atoms with Crippen molar-refractivity contribution in [1.82, 2.24) is 15.5 Å². The fraction of sp³-hybridized carbons (Fsp3) is 1.00. The van der Waals surface area contributed by atoms with Crippen LogP contribution in [0.3, 0.4) is 0 Å². The molecule has 0 spiro atoms. The van der Waals surface area contributed by atoms with Gasteiger partial charge in [0.2, 0.25) is 0 Å². The summed E-state index contributed by atoms with van der Waals surface area (Å²) in [5, 5.41) is 6.77. The Morgan fingerprint density at radius 1 is 1.30 bits per heavy atom. The number of hydrogen-bond donors (Lipinski definition) is 2. The Kier molecular flexibility index (Phi) is 2.65. The van der Waals surface area contributed by atoms with Crippen molar-refractivity contribution in [1.29, 1.82) is 0 Å². The molecule has 1 saturated heterocycles. The maximum absolute atomic E-state index is 3.38. The van der Waals surface area contributed by atoms with E-state index in [0.29, 0.717) is 12.1 Å². The van der Waals surface area contributed by atoms with E-state index in [1.807, 2.05) is 0 Å². The van der Waals surface area contributed by atoms with Gasteiger partial charge < -0.3 is 0 Å². The minimum Gasteiger partial charge on any atom is -0.289 e. The van der Waals surface area contributed by atoms with Crippen LogP contribution in [0, 0.1) is 5.92 Å². The van der Waals surface area contributed by atoms with Gasteiger partial charge in [0.05, 0.1) is 19.5 Å². The molecular formula is C7H17N3. The lowest BCUT2D eigenvalue weighted by Crippen LogP contribution is -2.58. The van der Waals surface area contributed by atoms with Gasteiger partial charge in [0, 0.05) is 0 Å². The van der Waals surface area contributed by atoms with Crippen molar-refractivity contribution in [3.63, 3.8) is 0 Å². The highest BCUT2D eigenvalue weighted by Gasteiger charge is 2.16. The summed E-state index contributed by atoms with van der Waals surface area (Å²) in [6.07, 6.45) is 0.496. The van der Waals surface area contributed by atoms with Crippen LogP contribution in [-0.2, 0) is 0 Å². The molecule has 1 heterocycles. The lowest BCUT2D eigenvalue weighted by molar-refractivity contribution is 0.158. The van der Waals surface area contributed by atoms with Gasteiger partial charge in [-0.25, -0.2) is 0 Å². The molecule has 1 aliphatic heterocycles. The van der Waals surface area contributed by atoms with E-state index in [-0.39, 0.29) is 0 Å². The molecule has 0 unspecified atom stereocenters. The van der Waals surface area contributed by atoms with E-state index in [4.69, 9.17) is 0 Å². The second kappa shape index (κ2) is 3.32. The Morgan fingerprint density at radius 3 is 2.20 bits per heavy atom. The molecule has 0 bridgehead atoms. The van der Waals surface area contributed by atoms with Crippen LogP contribution >= 0.6 is 0 Å². The van der Waals surface area contributed by atoms with Gasteiger partial charge in [-0.1, -0.05) is 13.8 Å². The topological polar surface area (TPSA) is 27.3 Å². The van der Waals surface area contributed by atoms with E-state index in [9.17, 15) is 0 Å². The third-order valence-corrected chi connectivity index (χ3v) is 1.83. The Hall–Kier alpha value is -0.120. The number of nitrogens with one attached hydrogen (secondary N) is 2. The van der Waals surface area contributed by atoms with Gasteiger partial charge in [-0.15, -0.1) is 0 Å². The van der Waals surface area contributed by atoms with E-state index in [0.717, 1.165) is 13.3 Å². The zero-order chi connectivity index (χ0) is 7.56. The van der Waals surface area contributed by atoms with Crippen LogP contribution in [0.25, 0.3) is 0 Å². The van der Waals surface area contributed by atoms with E-state index >= 15 is 0 Å². The predicted octanol–water partition coefficient (Wildman–Crippen LogP) is 0.00810. The summed E-state index contributed by atoms with van der Waals surface area (Å²) in [6.45, 7) is 6.43. The first-order valence-electron chi connectivity index (χ1n) is 3.85. The van der Waals surface area contributed by atoms with Crippen molar-refractivity contribution in [2.45, 2.75) is 20.0 Å². The maximum atomic E-state index is 3.38. The molecule has 3 nitrogen and oxygen atoms in total. The number of nitrogens with zero attached hydrogens (tertiary/aromatic N) is 1. The summed E-state index contributed by atoms with van der Waals surface area (Å²) >= 11 is 0. The molecule has 0 aliphatic carbocycles. The monoisotopic (exact) mass is 143 g/mol. The molecule has 0 atom stereocenters. The molecule has 1 aliphatic rings. The van der Waals surface area contributed by atoms with Gasteiger partial charge in [0.1, 0.15) is 0 Å². The molecule has 0 aromatic rings. The summed E-state index contributed by atoms with van der Waals surface area (Å²) in [5.74, 6) is 0.675. The molecule has 1 rings (SSSR count). The second-order valence-corrected chi connectivity index (χ2v) is 3.30. The van der Waals surface area contributed by atoms with Crippen LogP contribution in [0.2, 0.25) is 0 Å². The smallest absolute Gasteiger partial charge is 0.0615 e. The Bertz CT molecular complexity index is 95.0. The highest BCUT2D eigenvalue weighted by molar-refractivity contribution is 4.71. The van der Waals surface area contributed by atoms with Crippen molar-refractivity contribution in [3.8, 4) is 0 Å². The molecule has 0 amide bonds. The molecule has 3 heteroatoms. The summed E-state index contributed by atoms with van der Waals surface area (Å²) in [6, 6.07) is 0. The lowest BCUT2D eigenvalue weighted by atomic mass is 10.1. The minimum absolute atomic E-state index is 0.496. The predicted molar refractivity (Wildman–Crippen MR) is 42.4 cm³/mol. The average molecular weight is 143 g/mol. The van der Waals surface area contributed by atoms with E-state index in [1.165, 1.54) is 0 Å². The normalized spacial score (nSPS) is 24.0. The molecule has 0 aromatic heterocycles. The van der Waals surface area contributed by atoms with Gasteiger partial charge in [0.25, 0.3) is 0 Å². The first-order chi connectivity index (χ1) is 4.70. The molecule has 60 valence electrons. The Labute approximate surface area is 62.8 Å². The van der Waals surface area contributed by atoms with Gasteiger partial charge in [-0.05, 0) is 13.0 Å². The number of hydrogen-bond acceptors (Lipinski definition) is 3. The summed E-state index contributed by atoms with van der Waals surface area (Å²) in [7, 11) is 2.09. The van der Waals surface area contributed by atoms with Gasteiger partial charge in [-0.3, -0.25) is 15.5 Å². The van der Waals surface area contributed by atoms with Crippen LogP contribution in [-0.4, -0.2) is 31.5 Å². The van der Waals surface area contributed by atoms with E-state index < -0.39 is 0 Å². The van der Waals surface area contributed by atoms with Gasteiger partial charge in [-0.2, -0.15) is 0 Å². The van der Waals surface area contributed by atoms with Crippen LogP contribution in [0.5, 0.6) is 0 Å². The van der Waals surface area contributed by atoms with Crippen molar-refractivity contribution >= 4 is 0 Å². The Balaban J connectivity index is 2.26. The fourth-order valence-electron chi connectivity index (χ4n) is 1.11. The standard InChI is InChI=1S/C7H17N3/c1-6(2)7-8-4-10(3)5-9-7/h6-9H,4-5H2,1-3H3. The van der Waals surface area contributed by atoms with Gasteiger partial charge in [0.15, 0.2) is 0 Å². The quantitative estimate of drug-likeness (QED) is 0.541. The average Bonchev–Trinajstić information content (AvgIpc) is 1.88. The third kappa shape index (κ3) is 1.94. The van der Waals surface area contributed by atoms with Gasteiger partial charge >= 0.3 is 0 Å². The zero-order valence-corrected chi connectivity index (χ0v) is 7.02. The fourth-order valence-corrected chi connectivity index (χ4v) is 1.11. The lowest BCUT2D eigenvalue weighted by Gasteiger charge is -2.33. The van der Waals surface area contributed by atoms with Crippen LogP contribution in [0.15, 0.2) is 0 Å². The molecule has 0 saturated carbocycles. The summed E-state index contributed by atoms with van der Waals surface area (Å²) < 4.78 is 0. The van der Waals surface area contributed by atoms with Crippen molar-refractivity contribution in [3.05, 3.63) is 0 Å². The first kappa shape index (κ1) is 7.98. The first-order valence-corrected chi connectivity index (χ1v) is 3.85. The molecule has 0 aromatic carbocycles. The molecule has 2 N–H and O–H groups in total. The zero-order valence-electron chi connectivity index (χ0n) is 7.02. The third-order valence-electron chi connectivity index (χ3n) is 1.83. The van der Waals surface area contributed by atoms with Crippen molar-refractivity contribution in [2.24, 2.45) is 5.92 Å². The SMILES string of the molecule is CC(C)C1NCN(C)CN1. The number of rotatable bonds is 1. The second-order valence-electron chi connectivity index (χ2n) is 3.30. The summed E-state index contributed by atoms with van der Waals surface area (Å²) in [4.78, 5) is 2.21. The van der Waals surface area contributed by atoms with Crippen LogP contribution < -0.4 is 10.6 Å². The summed E-state index contributed by atoms with van der Waals surface area (Å²) in [5.41, 5.74) is 0. The molecule has 0 radical (unpaired) electrons. The minimum atomic E-state index is 0.496.